The summed E-state index contributed by atoms with van der Waals surface area (Å²) in [4.78, 5) is 72.3. The molecule has 12 N–H and O–H groups in total. The number of nitrogens with two attached hydrogens (primary N) is 3. The van der Waals surface area contributed by atoms with Crippen LogP contribution < -0.4 is 33.2 Å². The van der Waals surface area contributed by atoms with E-state index < -0.39 is 72.6 Å². The molecule has 210 valence electrons. The van der Waals surface area contributed by atoms with E-state index >= 15 is 0 Å². The molecular weight excluding hydrogens is 504 g/mol. The predicted octanol–water partition coefficient (Wildman–Crippen LogP) is -2.72. The number of rotatable bonds is 17. The summed E-state index contributed by atoms with van der Waals surface area (Å²) in [7, 11) is 0. The quantitative estimate of drug-likeness (QED) is 0.0918. The Labute approximate surface area is 218 Å². The van der Waals surface area contributed by atoms with Crippen molar-refractivity contribution < 1.29 is 44.1 Å². The molecule has 0 saturated carbocycles. The van der Waals surface area contributed by atoms with Gasteiger partial charge in [0.15, 0.2) is 0 Å². The number of hydrogen-bond donors (Lipinski definition) is 9. The highest BCUT2D eigenvalue weighted by atomic mass is 16.4. The number of benzene rings is 1. The Bertz CT molecular complexity index is 1000. The highest BCUT2D eigenvalue weighted by Gasteiger charge is 2.31. The number of carbonyl (C=O) groups is 6. The average molecular weight is 539 g/mol. The van der Waals surface area contributed by atoms with Crippen LogP contribution in [0.15, 0.2) is 24.3 Å². The fourth-order valence-corrected chi connectivity index (χ4v) is 3.34. The van der Waals surface area contributed by atoms with Crippen LogP contribution in [-0.4, -0.2) is 81.6 Å². The van der Waals surface area contributed by atoms with Crippen molar-refractivity contribution in [3.05, 3.63) is 29.8 Å². The molecule has 1 aromatic carbocycles. The average Bonchev–Trinajstić information content (AvgIpc) is 2.82. The highest BCUT2D eigenvalue weighted by Crippen LogP contribution is 2.12. The second kappa shape index (κ2) is 15.8. The van der Waals surface area contributed by atoms with Gasteiger partial charge in [0.05, 0.1) is 18.9 Å². The Kier molecular flexibility index (Phi) is 13.2. The van der Waals surface area contributed by atoms with Crippen molar-refractivity contribution in [1.29, 1.82) is 0 Å². The van der Waals surface area contributed by atoms with Crippen LogP contribution in [0, 0.1) is 0 Å². The lowest BCUT2D eigenvalue weighted by atomic mass is 10.0. The molecular formula is C23H34N6O9. The van der Waals surface area contributed by atoms with Gasteiger partial charge in [-0.05, 0) is 43.5 Å². The fraction of sp³-hybridized carbons (Fsp3) is 0.478. The molecule has 0 aliphatic carbocycles. The zero-order valence-corrected chi connectivity index (χ0v) is 20.6. The van der Waals surface area contributed by atoms with Crippen LogP contribution in [-0.2, 0) is 35.2 Å². The molecule has 0 aromatic heterocycles. The molecule has 15 nitrogen and oxygen atoms in total. The van der Waals surface area contributed by atoms with Crippen molar-refractivity contribution in [1.82, 2.24) is 16.0 Å². The first-order valence-electron chi connectivity index (χ1n) is 11.7. The third-order valence-electron chi connectivity index (χ3n) is 5.34. The van der Waals surface area contributed by atoms with E-state index in [0.29, 0.717) is 24.9 Å². The van der Waals surface area contributed by atoms with Crippen molar-refractivity contribution in [2.75, 3.05) is 6.54 Å². The van der Waals surface area contributed by atoms with Crippen LogP contribution in [0.25, 0.3) is 0 Å². The van der Waals surface area contributed by atoms with E-state index in [2.05, 4.69) is 16.0 Å². The summed E-state index contributed by atoms with van der Waals surface area (Å²) in [5, 5.41) is 34.7. The molecule has 0 spiro atoms. The van der Waals surface area contributed by atoms with E-state index in [1.54, 1.807) is 0 Å². The zero-order valence-electron chi connectivity index (χ0n) is 20.6. The van der Waals surface area contributed by atoms with Crippen LogP contribution >= 0.6 is 0 Å². The molecule has 1 aromatic rings. The summed E-state index contributed by atoms with van der Waals surface area (Å²) < 4.78 is 0. The Balaban J connectivity index is 3.03. The van der Waals surface area contributed by atoms with Crippen molar-refractivity contribution in [3.63, 3.8) is 0 Å². The summed E-state index contributed by atoms with van der Waals surface area (Å²) in [5.41, 5.74) is 16.7. The number of nitrogens with one attached hydrogen (secondary N) is 3. The van der Waals surface area contributed by atoms with Gasteiger partial charge in [0.25, 0.3) is 0 Å². The Hall–Kier alpha value is -4.24. The molecule has 0 radical (unpaired) electrons. The van der Waals surface area contributed by atoms with E-state index in [9.17, 15) is 39.0 Å². The molecule has 1 rings (SSSR count). The summed E-state index contributed by atoms with van der Waals surface area (Å²) in [6, 6.07) is -0.131. The van der Waals surface area contributed by atoms with Crippen molar-refractivity contribution >= 4 is 35.6 Å². The lowest BCUT2D eigenvalue weighted by Gasteiger charge is -2.24. The van der Waals surface area contributed by atoms with Gasteiger partial charge in [-0.2, -0.15) is 0 Å². The predicted molar refractivity (Wildman–Crippen MR) is 132 cm³/mol. The molecule has 0 bridgehead atoms. The number of carbonyl (C=O) groups excluding carboxylic acids is 4. The molecule has 15 heteroatoms. The summed E-state index contributed by atoms with van der Waals surface area (Å²) >= 11 is 0. The second-order valence-corrected chi connectivity index (χ2v) is 8.55. The zero-order chi connectivity index (χ0) is 28.8. The largest absolute Gasteiger partial charge is 0.508 e. The minimum atomic E-state index is -1.58. The lowest BCUT2D eigenvalue weighted by Crippen LogP contribution is -2.58. The molecule has 4 amide bonds. The third-order valence-corrected chi connectivity index (χ3v) is 5.34. The van der Waals surface area contributed by atoms with E-state index in [0.717, 1.165) is 0 Å². The monoisotopic (exact) mass is 538 g/mol. The van der Waals surface area contributed by atoms with E-state index in [1.165, 1.54) is 24.3 Å². The number of phenols is 1. The maximum absolute atomic E-state index is 13.0. The van der Waals surface area contributed by atoms with Gasteiger partial charge in [-0.3, -0.25) is 24.0 Å². The number of aromatic hydroxyl groups is 1. The third kappa shape index (κ3) is 11.7. The van der Waals surface area contributed by atoms with Gasteiger partial charge in [0.2, 0.25) is 23.6 Å². The summed E-state index contributed by atoms with van der Waals surface area (Å²) in [5.74, 6) is -6.56. The molecule has 0 aliphatic heterocycles. The second-order valence-electron chi connectivity index (χ2n) is 8.55. The molecule has 0 saturated heterocycles. The smallest absolute Gasteiger partial charge is 0.326 e. The topological polar surface area (TPSA) is 277 Å². The van der Waals surface area contributed by atoms with Crippen molar-refractivity contribution in [2.24, 2.45) is 17.2 Å². The van der Waals surface area contributed by atoms with Crippen LogP contribution in [0.1, 0.15) is 37.7 Å². The number of primary amides is 1. The Morgan fingerprint density at radius 1 is 0.789 bits per heavy atom. The molecule has 38 heavy (non-hydrogen) atoms. The van der Waals surface area contributed by atoms with Gasteiger partial charge in [0, 0.05) is 6.42 Å². The first-order valence-corrected chi connectivity index (χ1v) is 11.7. The number of carboxylic acids is 2. The van der Waals surface area contributed by atoms with E-state index in [1.807, 2.05) is 0 Å². The van der Waals surface area contributed by atoms with Gasteiger partial charge < -0.3 is 48.5 Å². The van der Waals surface area contributed by atoms with Gasteiger partial charge in [-0.25, -0.2) is 4.79 Å². The maximum atomic E-state index is 13.0. The number of carboxylic acid groups (broad SMARTS) is 2. The summed E-state index contributed by atoms with van der Waals surface area (Å²) in [6.45, 7) is 0.297. The fourth-order valence-electron chi connectivity index (χ4n) is 3.34. The van der Waals surface area contributed by atoms with Crippen LogP contribution in [0.5, 0.6) is 5.75 Å². The number of aliphatic carboxylic acids is 2. The first kappa shape index (κ1) is 31.8. The van der Waals surface area contributed by atoms with Crippen molar-refractivity contribution in [3.8, 4) is 5.75 Å². The van der Waals surface area contributed by atoms with Gasteiger partial charge >= 0.3 is 11.9 Å². The number of unbranched alkanes of at least 4 members (excludes halogenated alkanes) is 1. The SMILES string of the molecule is NCCCCC(NC(=O)C(N)CC(=O)O)C(=O)NC(CC(N)=O)C(=O)NC(Cc1ccc(O)cc1)C(=O)O. The van der Waals surface area contributed by atoms with Crippen LogP contribution in [0.3, 0.4) is 0 Å². The highest BCUT2D eigenvalue weighted by molar-refractivity contribution is 5.96. The lowest BCUT2D eigenvalue weighted by molar-refractivity contribution is -0.142. The standard InChI is InChI=1S/C23H34N6O9/c24-8-2-1-3-15(27-20(34)14(25)10-19(32)33)21(35)28-16(11-18(26)31)22(36)29-17(23(37)38)9-12-4-6-13(30)7-5-12/h4-7,14-17,30H,1-3,8-11,24-25H2,(H2,26,31)(H,27,34)(H,28,35)(H,29,36)(H,32,33)(H,37,38). The van der Waals surface area contributed by atoms with Crippen LogP contribution in [0.4, 0.5) is 0 Å². The number of phenolic OH excluding ortho intramolecular Hbond substituents is 1. The van der Waals surface area contributed by atoms with Gasteiger partial charge in [0.1, 0.15) is 23.9 Å². The normalized spacial score (nSPS) is 13.8. The van der Waals surface area contributed by atoms with Gasteiger partial charge in [-0.15, -0.1) is 0 Å². The Morgan fingerprint density at radius 3 is 1.87 bits per heavy atom. The first-order chi connectivity index (χ1) is 17.8. The molecule has 4 unspecified atom stereocenters. The molecule has 0 fully saturated rings. The number of amides is 4. The molecule has 0 heterocycles. The number of hydrogen-bond acceptors (Lipinski definition) is 9. The Morgan fingerprint density at radius 2 is 1.34 bits per heavy atom. The van der Waals surface area contributed by atoms with Gasteiger partial charge in [-0.1, -0.05) is 12.1 Å². The minimum absolute atomic E-state index is 0.0362. The van der Waals surface area contributed by atoms with Crippen LogP contribution in [0.2, 0.25) is 0 Å². The molecule has 4 atom stereocenters. The maximum Gasteiger partial charge on any atom is 0.326 e. The van der Waals surface area contributed by atoms with E-state index in [-0.39, 0.29) is 18.6 Å². The molecule has 0 aliphatic rings. The van der Waals surface area contributed by atoms with E-state index in [4.69, 9.17) is 22.3 Å². The van der Waals surface area contributed by atoms with Crippen molar-refractivity contribution in [2.45, 2.75) is 62.7 Å². The summed E-state index contributed by atoms with van der Waals surface area (Å²) in [6.07, 6.45) is -0.610. The minimum Gasteiger partial charge on any atom is -0.508 e.